The number of methoxy groups -OCH3 is 1. The first-order valence-electron chi connectivity index (χ1n) is 11.2. The number of halogens is 1. The number of rotatable bonds is 15. The van der Waals surface area contributed by atoms with Crippen molar-refractivity contribution in [2.75, 3.05) is 13.7 Å². The number of unbranched alkanes of at least 4 members (excludes halogenated alkanes) is 8. The first kappa shape index (κ1) is 26.5. The van der Waals surface area contributed by atoms with Crippen LogP contribution in [0.1, 0.15) is 84.0 Å². The Kier molecular flexibility index (Phi) is 14.7. The molecule has 0 aliphatic carbocycles. The van der Waals surface area contributed by atoms with Crippen LogP contribution in [-0.2, 0) is 14.3 Å². The normalized spacial score (nSPS) is 10.2. The lowest BCUT2D eigenvalue weighted by atomic mass is 10.1. The van der Waals surface area contributed by atoms with E-state index in [9.17, 15) is 14.0 Å². The second-order valence-corrected chi connectivity index (χ2v) is 7.36. The molecule has 0 heterocycles. The minimum atomic E-state index is -0.525. The molecular formula is C25H35FO5. The minimum Gasteiger partial charge on any atom is -0.493 e. The summed E-state index contributed by atoms with van der Waals surface area (Å²) >= 11 is 0. The van der Waals surface area contributed by atoms with E-state index in [2.05, 4.69) is 18.8 Å². The van der Waals surface area contributed by atoms with Crippen molar-refractivity contribution in [2.45, 2.75) is 84.0 Å². The highest BCUT2D eigenvalue weighted by atomic mass is 19.1. The number of hydrogen-bond donors (Lipinski definition) is 0. The van der Waals surface area contributed by atoms with E-state index >= 15 is 0 Å². The molecule has 0 saturated heterocycles. The smallest absolute Gasteiger partial charge is 0.311 e. The van der Waals surface area contributed by atoms with Gasteiger partial charge in [-0.05, 0) is 25.0 Å². The molecule has 0 aliphatic heterocycles. The lowest BCUT2D eigenvalue weighted by Gasteiger charge is -2.09. The third-order valence-corrected chi connectivity index (χ3v) is 4.70. The average Bonchev–Trinajstić information content (AvgIpc) is 2.75. The lowest BCUT2D eigenvalue weighted by Crippen LogP contribution is -2.11. The van der Waals surface area contributed by atoms with E-state index in [1.807, 2.05) is 0 Å². The van der Waals surface area contributed by atoms with E-state index in [0.29, 0.717) is 6.42 Å². The van der Waals surface area contributed by atoms with Crippen molar-refractivity contribution in [1.29, 1.82) is 0 Å². The van der Waals surface area contributed by atoms with E-state index in [4.69, 9.17) is 14.2 Å². The van der Waals surface area contributed by atoms with Crippen molar-refractivity contribution in [3.63, 3.8) is 0 Å². The Hall–Kier alpha value is -2.55. The Morgan fingerprint density at radius 2 is 1.55 bits per heavy atom. The third-order valence-electron chi connectivity index (χ3n) is 4.70. The van der Waals surface area contributed by atoms with Crippen LogP contribution in [0.3, 0.4) is 0 Å². The molecule has 0 aromatic heterocycles. The van der Waals surface area contributed by atoms with Crippen molar-refractivity contribution in [3.8, 4) is 23.3 Å². The first-order valence-corrected chi connectivity index (χ1v) is 11.2. The molecule has 0 amide bonds. The van der Waals surface area contributed by atoms with Crippen molar-refractivity contribution in [2.24, 2.45) is 0 Å². The Morgan fingerprint density at radius 1 is 0.871 bits per heavy atom. The maximum atomic E-state index is 13.1. The fraction of sp³-hybridized carbons (Fsp3) is 0.600. The van der Waals surface area contributed by atoms with Gasteiger partial charge in [0.25, 0.3) is 0 Å². The zero-order chi connectivity index (χ0) is 22.7. The van der Waals surface area contributed by atoms with Gasteiger partial charge in [0.1, 0.15) is 5.82 Å². The van der Waals surface area contributed by atoms with E-state index in [0.717, 1.165) is 18.9 Å². The van der Waals surface area contributed by atoms with E-state index in [-0.39, 0.29) is 30.9 Å². The van der Waals surface area contributed by atoms with Crippen molar-refractivity contribution in [3.05, 3.63) is 24.0 Å². The van der Waals surface area contributed by atoms with Crippen LogP contribution in [0.4, 0.5) is 4.39 Å². The quantitative estimate of drug-likeness (QED) is 0.147. The summed E-state index contributed by atoms with van der Waals surface area (Å²) in [6.07, 6.45) is 11.4. The Morgan fingerprint density at radius 3 is 2.26 bits per heavy atom. The van der Waals surface area contributed by atoms with Gasteiger partial charge in [0.2, 0.25) is 0 Å². The topological polar surface area (TPSA) is 61.8 Å². The molecule has 6 heteroatoms. The van der Waals surface area contributed by atoms with Crippen LogP contribution >= 0.6 is 0 Å². The molecule has 0 aliphatic rings. The fourth-order valence-electron chi connectivity index (χ4n) is 2.95. The Bertz CT molecular complexity index is 720. The SMILES string of the molecule is CCCCCCCCCCC#CCOC(=O)CCCC(=O)Oc1ccc(F)cc1OC. The van der Waals surface area contributed by atoms with Crippen LogP contribution < -0.4 is 9.47 Å². The lowest BCUT2D eigenvalue weighted by molar-refractivity contribution is -0.142. The predicted molar refractivity (Wildman–Crippen MR) is 118 cm³/mol. The first-order chi connectivity index (χ1) is 15.1. The van der Waals surface area contributed by atoms with E-state index in [1.54, 1.807) is 0 Å². The van der Waals surface area contributed by atoms with Crippen LogP contribution in [0.15, 0.2) is 18.2 Å². The highest BCUT2D eigenvalue weighted by Crippen LogP contribution is 2.27. The molecule has 1 rings (SSSR count). The summed E-state index contributed by atoms with van der Waals surface area (Å²) < 4.78 is 28.3. The predicted octanol–water partition coefficient (Wildman–Crippen LogP) is 5.99. The molecule has 31 heavy (non-hydrogen) atoms. The van der Waals surface area contributed by atoms with Crippen LogP contribution in [0.2, 0.25) is 0 Å². The monoisotopic (exact) mass is 434 g/mol. The minimum absolute atomic E-state index is 0.0414. The molecule has 0 radical (unpaired) electrons. The van der Waals surface area contributed by atoms with Gasteiger partial charge in [-0.1, -0.05) is 63.7 Å². The molecule has 0 N–H and O–H groups in total. The summed E-state index contributed by atoms with van der Waals surface area (Å²) in [4.78, 5) is 23.6. The average molecular weight is 435 g/mol. The van der Waals surface area contributed by atoms with Gasteiger partial charge in [-0.2, -0.15) is 0 Å². The second-order valence-electron chi connectivity index (χ2n) is 7.36. The van der Waals surface area contributed by atoms with Gasteiger partial charge in [-0.15, -0.1) is 0 Å². The van der Waals surface area contributed by atoms with Crippen LogP contribution in [0.25, 0.3) is 0 Å². The molecule has 0 unspecified atom stereocenters. The van der Waals surface area contributed by atoms with Gasteiger partial charge in [-0.25, -0.2) is 4.39 Å². The third kappa shape index (κ3) is 13.4. The summed E-state index contributed by atoms with van der Waals surface area (Å²) in [5.41, 5.74) is 0. The molecule has 0 saturated carbocycles. The largest absolute Gasteiger partial charge is 0.493 e. The van der Waals surface area contributed by atoms with Gasteiger partial charge < -0.3 is 14.2 Å². The van der Waals surface area contributed by atoms with Gasteiger partial charge >= 0.3 is 11.9 Å². The highest BCUT2D eigenvalue weighted by molar-refractivity contribution is 5.75. The molecule has 0 fully saturated rings. The van der Waals surface area contributed by atoms with Gasteiger partial charge in [0.05, 0.1) is 7.11 Å². The standard InChI is InChI=1S/C25H35FO5/c1-3-4-5-6-7-8-9-10-11-12-13-19-30-24(27)15-14-16-25(28)31-22-18-17-21(26)20-23(22)29-2/h17-18,20H,3-11,14-16,19H2,1-2H3. The highest BCUT2D eigenvalue weighted by Gasteiger charge is 2.12. The molecule has 172 valence electrons. The fourth-order valence-corrected chi connectivity index (χ4v) is 2.95. The zero-order valence-electron chi connectivity index (χ0n) is 18.8. The van der Waals surface area contributed by atoms with E-state index in [1.165, 1.54) is 64.2 Å². The summed E-state index contributed by atoms with van der Waals surface area (Å²) in [5, 5.41) is 0. The number of benzene rings is 1. The summed E-state index contributed by atoms with van der Waals surface area (Å²) in [5.74, 6) is 4.76. The number of ether oxygens (including phenoxy) is 3. The maximum Gasteiger partial charge on any atom is 0.311 e. The van der Waals surface area contributed by atoms with Crippen molar-refractivity contribution in [1.82, 2.24) is 0 Å². The van der Waals surface area contributed by atoms with Gasteiger partial charge in [0.15, 0.2) is 18.1 Å². The maximum absolute atomic E-state index is 13.1. The van der Waals surface area contributed by atoms with Crippen molar-refractivity contribution < 1.29 is 28.2 Å². The molecule has 0 bridgehead atoms. The molecule has 0 spiro atoms. The molecule has 5 nitrogen and oxygen atoms in total. The number of carbonyl (C=O) groups is 2. The van der Waals surface area contributed by atoms with Crippen LogP contribution in [0, 0.1) is 17.7 Å². The van der Waals surface area contributed by atoms with Crippen LogP contribution in [-0.4, -0.2) is 25.7 Å². The summed E-state index contributed by atoms with van der Waals surface area (Å²) in [6.45, 7) is 2.30. The van der Waals surface area contributed by atoms with Crippen molar-refractivity contribution >= 4 is 11.9 Å². The zero-order valence-corrected chi connectivity index (χ0v) is 18.8. The summed E-state index contributed by atoms with van der Waals surface area (Å²) in [7, 11) is 1.36. The second kappa shape index (κ2) is 17.2. The molecule has 1 aromatic rings. The summed E-state index contributed by atoms with van der Waals surface area (Å²) in [6, 6.07) is 3.64. The Labute approximate surface area is 185 Å². The molecule has 0 atom stereocenters. The van der Waals surface area contributed by atoms with Crippen LogP contribution in [0.5, 0.6) is 11.5 Å². The molecular weight excluding hydrogens is 399 g/mol. The van der Waals surface area contributed by atoms with E-state index < -0.39 is 17.8 Å². The number of esters is 2. The Balaban J connectivity index is 2.06. The number of carbonyl (C=O) groups excluding carboxylic acids is 2. The van der Waals surface area contributed by atoms with Gasteiger partial charge in [0, 0.05) is 25.3 Å². The molecule has 1 aromatic carbocycles. The number of hydrogen-bond acceptors (Lipinski definition) is 5. The van der Waals surface area contributed by atoms with Gasteiger partial charge in [-0.3, -0.25) is 9.59 Å².